The van der Waals surface area contributed by atoms with E-state index in [4.69, 9.17) is 4.98 Å². The summed E-state index contributed by atoms with van der Waals surface area (Å²) in [7, 11) is 2.20. The van der Waals surface area contributed by atoms with Gasteiger partial charge in [-0.1, -0.05) is 24.5 Å². The third-order valence-corrected chi connectivity index (χ3v) is 6.62. The number of fused-ring (bicyclic) bond motifs is 1. The van der Waals surface area contributed by atoms with E-state index in [2.05, 4.69) is 70.4 Å². The number of H-pyrrole nitrogens is 1. The molecular weight excluding hydrogens is 386 g/mol. The first-order chi connectivity index (χ1) is 15.1. The second-order valence-electron chi connectivity index (χ2n) is 8.67. The number of anilines is 1. The van der Waals surface area contributed by atoms with Crippen LogP contribution in [0, 0.1) is 0 Å². The van der Waals surface area contributed by atoms with E-state index in [1.54, 1.807) is 0 Å². The summed E-state index contributed by atoms with van der Waals surface area (Å²) in [4.78, 5) is 9.99. The SMILES string of the molecule is CCN(CC)c1nc2c(c(C3=CC=C(C)CCN3C)c1-c1nn[nH]n1)CCCCCC2. The maximum Gasteiger partial charge on any atom is 0.209 e. The van der Waals surface area contributed by atoms with Crippen molar-refractivity contribution in [3.8, 4) is 11.4 Å². The van der Waals surface area contributed by atoms with E-state index in [1.165, 1.54) is 53.8 Å². The molecule has 0 atom stereocenters. The highest BCUT2D eigenvalue weighted by molar-refractivity contribution is 5.88. The summed E-state index contributed by atoms with van der Waals surface area (Å²) < 4.78 is 0. The molecule has 2 aromatic rings. The zero-order chi connectivity index (χ0) is 21.8. The first-order valence-corrected chi connectivity index (χ1v) is 11.8. The number of aryl methyl sites for hydroxylation is 1. The lowest BCUT2D eigenvalue weighted by atomic mass is 9.88. The van der Waals surface area contributed by atoms with Gasteiger partial charge in [0.2, 0.25) is 5.82 Å². The van der Waals surface area contributed by atoms with Crippen LogP contribution in [-0.2, 0) is 12.8 Å². The van der Waals surface area contributed by atoms with Gasteiger partial charge in [0.05, 0.1) is 5.56 Å². The number of tetrazole rings is 1. The number of pyridine rings is 1. The van der Waals surface area contributed by atoms with Crippen LogP contribution >= 0.6 is 0 Å². The maximum atomic E-state index is 5.27. The smallest absolute Gasteiger partial charge is 0.209 e. The highest BCUT2D eigenvalue weighted by Crippen LogP contribution is 2.41. The van der Waals surface area contributed by atoms with E-state index in [0.717, 1.165) is 50.3 Å². The summed E-state index contributed by atoms with van der Waals surface area (Å²) in [6.07, 6.45) is 12.7. The Morgan fingerprint density at radius 3 is 2.48 bits per heavy atom. The number of hydrogen-bond donors (Lipinski definition) is 1. The molecule has 0 aromatic carbocycles. The van der Waals surface area contributed by atoms with Gasteiger partial charge in [0.15, 0.2) is 0 Å². The number of rotatable bonds is 5. The first-order valence-electron chi connectivity index (χ1n) is 11.8. The fraction of sp³-hybridized carbons (Fsp3) is 0.583. The Morgan fingerprint density at radius 1 is 1.00 bits per heavy atom. The Balaban J connectivity index is 2.06. The molecule has 1 aliphatic carbocycles. The van der Waals surface area contributed by atoms with E-state index < -0.39 is 0 Å². The number of allylic oxidation sites excluding steroid dienone is 2. The molecule has 7 nitrogen and oxygen atoms in total. The van der Waals surface area contributed by atoms with Crippen molar-refractivity contribution in [3.63, 3.8) is 0 Å². The molecule has 0 saturated heterocycles. The summed E-state index contributed by atoms with van der Waals surface area (Å²) in [5.41, 5.74) is 7.55. The van der Waals surface area contributed by atoms with Crippen molar-refractivity contribution in [1.82, 2.24) is 30.5 Å². The normalized spacial score (nSPS) is 17.2. The average Bonchev–Trinajstić information content (AvgIpc) is 3.22. The third-order valence-electron chi connectivity index (χ3n) is 6.62. The zero-order valence-electron chi connectivity index (χ0n) is 19.4. The fourth-order valence-electron chi connectivity index (χ4n) is 4.77. The molecule has 31 heavy (non-hydrogen) atoms. The first kappa shape index (κ1) is 21.5. The quantitative estimate of drug-likeness (QED) is 0.772. The minimum atomic E-state index is 0.633. The lowest BCUT2D eigenvalue weighted by molar-refractivity contribution is 0.485. The Kier molecular flexibility index (Phi) is 6.68. The highest BCUT2D eigenvalue weighted by atomic mass is 15.5. The van der Waals surface area contributed by atoms with Crippen LogP contribution in [0.2, 0.25) is 0 Å². The molecular formula is C24H35N7. The van der Waals surface area contributed by atoms with Crippen LogP contribution in [0.3, 0.4) is 0 Å². The van der Waals surface area contributed by atoms with Crippen molar-refractivity contribution in [1.29, 1.82) is 0 Å². The minimum Gasteiger partial charge on any atom is -0.374 e. The van der Waals surface area contributed by atoms with Crippen molar-refractivity contribution in [2.45, 2.75) is 65.7 Å². The second-order valence-corrected chi connectivity index (χ2v) is 8.67. The highest BCUT2D eigenvalue weighted by Gasteiger charge is 2.29. The van der Waals surface area contributed by atoms with Gasteiger partial charge in [0.1, 0.15) is 5.82 Å². The largest absolute Gasteiger partial charge is 0.374 e. The molecule has 0 saturated carbocycles. The summed E-state index contributed by atoms with van der Waals surface area (Å²) in [5, 5.41) is 15.4. The summed E-state index contributed by atoms with van der Waals surface area (Å²) in [6, 6.07) is 0. The Labute approximate surface area is 185 Å². The molecule has 2 aliphatic rings. The minimum absolute atomic E-state index is 0.633. The van der Waals surface area contributed by atoms with Crippen LogP contribution in [0.4, 0.5) is 5.82 Å². The lowest BCUT2D eigenvalue weighted by Gasteiger charge is -2.31. The van der Waals surface area contributed by atoms with Gasteiger partial charge >= 0.3 is 0 Å². The molecule has 0 amide bonds. The third kappa shape index (κ3) is 4.36. The second kappa shape index (κ2) is 9.62. The molecule has 2 aromatic heterocycles. The van der Waals surface area contributed by atoms with Crippen LogP contribution < -0.4 is 4.90 Å². The van der Waals surface area contributed by atoms with Gasteiger partial charge in [-0.25, -0.2) is 4.98 Å². The van der Waals surface area contributed by atoms with Crippen molar-refractivity contribution in [3.05, 3.63) is 34.5 Å². The van der Waals surface area contributed by atoms with Crippen LogP contribution in [0.15, 0.2) is 17.7 Å². The van der Waals surface area contributed by atoms with Crippen LogP contribution in [0.25, 0.3) is 17.1 Å². The Hall–Kier alpha value is -2.70. The van der Waals surface area contributed by atoms with Gasteiger partial charge in [-0.05, 0) is 69.7 Å². The molecule has 1 aliphatic heterocycles. The van der Waals surface area contributed by atoms with Crippen molar-refractivity contribution in [2.75, 3.05) is 31.6 Å². The predicted molar refractivity (Wildman–Crippen MR) is 126 cm³/mol. The average molecular weight is 422 g/mol. The zero-order valence-corrected chi connectivity index (χ0v) is 19.4. The Morgan fingerprint density at radius 2 is 1.77 bits per heavy atom. The fourth-order valence-corrected chi connectivity index (χ4v) is 4.77. The molecule has 4 rings (SSSR count). The van der Waals surface area contributed by atoms with Crippen molar-refractivity contribution in [2.24, 2.45) is 0 Å². The van der Waals surface area contributed by atoms with Gasteiger partial charge < -0.3 is 9.80 Å². The van der Waals surface area contributed by atoms with Crippen molar-refractivity contribution < 1.29 is 0 Å². The standard InChI is InChI=1S/C24H35N7/c1-5-31(6-2)24-22(23-26-28-29-27-23)21(20-14-13-17(3)15-16-30(20)4)18-11-9-7-8-10-12-19(18)25-24/h13-14H,5-12,15-16H2,1-4H3,(H,26,27,28,29). The molecule has 166 valence electrons. The number of aromatic nitrogens is 5. The predicted octanol–water partition coefficient (Wildman–Crippen LogP) is 4.39. The van der Waals surface area contributed by atoms with Crippen molar-refractivity contribution >= 4 is 11.5 Å². The molecule has 0 spiro atoms. The van der Waals surface area contributed by atoms with Crippen LogP contribution in [0.1, 0.15) is 69.7 Å². The summed E-state index contributed by atoms with van der Waals surface area (Å²) >= 11 is 0. The molecule has 0 unspecified atom stereocenters. The van der Waals surface area contributed by atoms with Gasteiger partial charge in [-0.2, -0.15) is 5.21 Å². The molecule has 0 radical (unpaired) electrons. The number of hydrogen-bond acceptors (Lipinski definition) is 6. The number of nitrogens with one attached hydrogen (secondary N) is 1. The van der Waals surface area contributed by atoms with Crippen LogP contribution in [-0.4, -0.2) is 57.2 Å². The summed E-state index contributed by atoms with van der Waals surface area (Å²) in [5.74, 6) is 1.62. The number of nitrogens with zero attached hydrogens (tertiary/aromatic N) is 6. The molecule has 1 N–H and O–H groups in total. The van der Waals surface area contributed by atoms with Gasteiger partial charge in [0.25, 0.3) is 0 Å². The van der Waals surface area contributed by atoms with E-state index in [9.17, 15) is 0 Å². The van der Waals surface area contributed by atoms with Gasteiger partial charge in [-0.3, -0.25) is 0 Å². The lowest BCUT2D eigenvalue weighted by Crippen LogP contribution is -2.27. The van der Waals surface area contributed by atoms with E-state index in [-0.39, 0.29) is 0 Å². The monoisotopic (exact) mass is 421 g/mol. The van der Waals surface area contributed by atoms with Gasteiger partial charge in [0, 0.05) is 43.6 Å². The maximum absolute atomic E-state index is 5.27. The van der Waals surface area contributed by atoms with E-state index >= 15 is 0 Å². The summed E-state index contributed by atoms with van der Waals surface area (Å²) in [6.45, 7) is 9.36. The molecule has 0 bridgehead atoms. The molecule has 7 heteroatoms. The molecule has 3 heterocycles. The van der Waals surface area contributed by atoms with E-state index in [0.29, 0.717) is 5.82 Å². The van der Waals surface area contributed by atoms with Crippen LogP contribution in [0.5, 0.6) is 0 Å². The number of aromatic amines is 1. The van der Waals surface area contributed by atoms with Gasteiger partial charge in [-0.15, -0.1) is 10.2 Å². The molecule has 0 fully saturated rings. The topological polar surface area (TPSA) is 73.8 Å². The Bertz CT molecular complexity index is 955. The van der Waals surface area contributed by atoms with E-state index in [1.807, 2.05) is 0 Å².